The predicted octanol–water partition coefficient (Wildman–Crippen LogP) is 3.13. The monoisotopic (exact) mass is 257 g/mol. The molecule has 0 bridgehead atoms. The van der Waals surface area contributed by atoms with Crippen LogP contribution in [0.5, 0.6) is 0 Å². The van der Waals surface area contributed by atoms with E-state index in [1.54, 1.807) is 12.1 Å². The average Bonchev–Trinajstić information content (AvgIpc) is 2.83. The lowest BCUT2D eigenvalue weighted by atomic mass is 10.2. The van der Waals surface area contributed by atoms with Gasteiger partial charge < -0.3 is 4.90 Å². The number of hydrogen-bond acceptors (Lipinski definition) is 4. The third-order valence-corrected chi connectivity index (χ3v) is 3.72. The van der Waals surface area contributed by atoms with Gasteiger partial charge in [-0.25, -0.2) is 4.98 Å². The van der Waals surface area contributed by atoms with Gasteiger partial charge in [-0.2, -0.15) is 0 Å². The molecule has 0 spiro atoms. The van der Waals surface area contributed by atoms with Gasteiger partial charge >= 0.3 is 0 Å². The first-order valence-corrected chi connectivity index (χ1v) is 6.47. The lowest BCUT2D eigenvalue weighted by Crippen LogP contribution is -2.27. The van der Waals surface area contributed by atoms with Gasteiger partial charge in [0.1, 0.15) is 5.82 Å². The van der Waals surface area contributed by atoms with Crippen molar-refractivity contribution in [2.45, 2.75) is 25.8 Å². The van der Waals surface area contributed by atoms with E-state index in [9.17, 15) is 10.1 Å². The molecule has 1 fully saturated rings. The Morgan fingerprint density at radius 3 is 2.89 bits per heavy atom. The molecule has 0 amide bonds. The van der Waals surface area contributed by atoms with Crippen LogP contribution in [0.1, 0.15) is 19.8 Å². The molecule has 98 valence electrons. The van der Waals surface area contributed by atoms with Crippen LogP contribution in [0.2, 0.25) is 0 Å². The largest absolute Gasteiger partial charge is 0.354 e. The normalized spacial score (nSPS) is 19.0. The molecule has 3 rings (SSSR count). The molecule has 1 unspecified atom stereocenters. The van der Waals surface area contributed by atoms with E-state index >= 15 is 0 Å². The smallest absolute Gasteiger partial charge is 0.270 e. The van der Waals surface area contributed by atoms with Crippen molar-refractivity contribution in [1.82, 2.24) is 4.98 Å². The number of pyridine rings is 1. The van der Waals surface area contributed by atoms with Crippen molar-refractivity contribution in [3.8, 4) is 0 Å². The second kappa shape index (κ2) is 4.50. The van der Waals surface area contributed by atoms with Gasteiger partial charge in [0.05, 0.1) is 10.4 Å². The number of anilines is 1. The molecule has 5 heteroatoms. The van der Waals surface area contributed by atoms with E-state index in [1.165, 1.54) is 18.9 Å². The van der Waals surface area contributed by atoms with Crippen LogP contribution in [0, 0.1) is 10.1 Å². The standard InChI is InChI=1S/C14H15N3O2/c1-10-3-2-8-16(10)14-7-4-11-9-12(17(18)19)5-6-13(11)15-14/h4-7,9-10H,2-3,8H2,1H3. The molecule has 0 saturated carbocycles. The van der Waals surface area contributed by atoms with Crippen molar-refractivity contribution < 1.29 is 4.92 Å². The number of rotatable bonds is 2. The number of non-ortho nitro benzene ring substituents is 1. The molecule has 2 heterocycles. The first-order valence-electron chi connectivity index (χ1n) is 6.47. The fourth-order valence-corrected chi connectivity index (χ4v) is 2.65. The number of aromatic nitrogens is 1. The van der Waals surface area contributed by atoms with E-state index in [-0.39, 0.29) is 10.6 Å². The Bertz CT molecular complexity index is 642. The fraction of sp³-hybridized carbons (Fsp3) is 0.357. The highest BCUT2D eigenvalue weighted by Crippen LogP contribution is 2.27. The quantitative estimate of drug-likeness (QED) is 0.612. The van der Waals surface area contributed by atoms with Crippen molar-refractivity contribution in [2.24, 2.45) is 0 Å². The second-order valence-electron chi connectivity index (χ2n) is 4.99. The number of nitro benzene ring substituents is 1. The average molecular weight is 257 g/mol. The van der Waals surface area contributed by atoms with Crippen LogP contribution in [0.3, 0.4) is 0 Å². The molecule has 1 aromatic carbocycles. The molecule has 5 nitrogen and oxygen atoms in total. The summed E-state index contributed by atoms with van der Waals surface area (Å²) in [5.41, 5.74) is 0.916. The Labute approximate surface area is 111 Å². The van der Waals surface area contributed by atoms with Crippen molar-refractivity contribution in [3.05, 3.63) is 40.4 Å². The van der Waals surface area contributed by atoms with Crippen LogP contribution in [-0.4, -0.2) is 22.5 Å². The highest BCUT2D eigenvalue weighted by atomic mass is 16.6. The Kier molecular flexibility index (Phi) is 2.81. The molecule has 1 aliphatic heterocycles. The number of hydrogen-bond donors (Lipinski definition) is 0. The van der Waals surface area contributed by atoms with Crippen molar-refractivity contribution in [2.75, 3.05) is 11.4 Å². The number of nitro groups is 1. The van der Waals surface area contributed by atoms with Gasteiger partial charge in [-0.05, 0) is 38.0 Å². The Morgan fingerprint density at radius 2 is 2.21 bits per heavy atom. The van der Waals surface area contributed by atoms with Crippen molar-refractivity contribution >= 4 is 22.4 Å². The minimum Gasteiger partial charge on any atom is -0.354 e. The maximum Gasteiger partial charge on any atom is 0.270 e. The number of fused-ring (bicyclic) bond motifs is 1. The van der Waals surface area contributed by atoms with Crippen LogP contribution in [0.4, 0.5) is 11.5 Å². The van der Waals surface area contributed by atoms with Gasteiger partial charge in [-0.15, -0.1) is 0 Å². The molecule has 19 heavy (non-hydrogen) atoms. The van der Waals surface area contributed by atoms with E-state index in [0.29, 0.717) is 6.04 Å². The van der Waals surface area contributed by atoms with Gasteiger partial charge in [0.25, 0.3) is 5.69 Å². The molecule has 1 atom stereocenters. The van der Waals surface area contributed by atoms with Crippen LogP contribution >= 0.6 is 0 Å². The molecule has 1 aliphatic rings. The molecule has 1 saturated heterocycles. The molecule has 0 radical (unpaired) electrons. The topological polar surface area (TPSA) is 59.3 Å². The lowest BCUT2D eigenvalue weighted by molar-refractivity contribution is -0.384. The minimum atomic E-state index is -0.379. The highest BCUT2D eigenvalue weighted by molar-refractivity contribution is 5.82. The summed E-state index contributed by atoms with van der Waals surface area (Å²) in [6, 6.07) is 9.18. The number of benzene rings is 1. The fourth-order valence-electron chi connectivity index (χ4n) is 2.65. The van der Waals surface area contributed by atoms with Crippen molar-refractivity contribution in [1.29, 1.82) is 0 Å². The van der Waals surface area contributed by atoms with E-state index < -0.39 is 0 Å². The van der Waals surface area contributed by atoms with E-state index in [4.69, 9.17) is 0 Å². The number of nitrogens with zero attached hydrogens (tertiary/aromatic N) is 3. The molecular formula is C14H15N3O2. The first kappa shape index (κ1) is 11.9. The highest BCUT2D eigenvalue weighted by Gasteiger charge is 2.21. The zero-order valence-electron chi connectivity index (χ0n) is 10.7. The second-order valence-corrected chi connectivity index (χ2v) is 4.99. The minimum absolute atomic E-state index is 0.108. The van der Waals surface area contributed by atoms with Gasteiger partial charge in [0.15, 0.2) is 0 Å². The van der Waals surface area contributed by atoms with Crippen LogP contribution in [0.25, 0.3) is 10.9 Å². The molecule has 0 aliphatic carbocycles. The van der Waals surface area contributed by atoms with Gasteiger partial charge in [-0.3, -0.25) is 10.1 Å². The Morgan fingerprint density at radius 1 is 1.37 bits per heavy atom. The van der Waals surface area contributed by atoms with Gasteiger partial charge in [0, 0.05) is 30.1 Å². The maximum absolute atomic E-state index is 10.7. The van der Waals surface area contributed by atoms with Gasteiger partial charge in [-0.1, -0.05) is 0 Å². The summed E-state index contributed by atoms with van der Waals surface area (Å²) in [7, 11) is 0. The Balaban J connectivity index is 2.02. The summed E-state index contributed by atoms with van der Waals surface area (Å²) in [5.74, 6) is 0.964. The molecule has 2 aromatic rings. The van der Waals surface area contributed by atoms with E-state index in [0.717, 1.165) is 23.3 Å². The summed E-state index contributed by atoms with van der Waals surface area (Å²) in [4.78, 5) is 17.3. The third kappa shape index (κ3) is 2.12. The maximum atomic E-state index is 10.7. The molecule has 1 aromatic heterocycles. The van der Waals surface area contributed by atoms with E-state index in [1.807, 2.05) is 12.1 Å². The summed E-state index contributed by atoms with van der Waals surface area (Å²) in [6.45, 7) is 3.24. The molecule has 0 N–H and O–H groups in total. The lowest BCUT2D eigenvalue weighted by Gasteiger charge is -2.22. The first-order chi connectivity index (χ1) is 9.15. The van der Waals surface area contributed by atoms with E-state index in [2.05, 4.69) is 16.8 Å². The van der Waals surface area contributed by atoms with Crippen LogP contribution < -0.4 is 4.90 Å². The summed E-state index contributed by atoms with van der Waals surface area (Å²) in [6.07, 6.45) is 2.39. The third-order valence-electron chi connectivity index (χ3n) is 3.72. The zero-order valence-corrected chi connectivity index (χ0v) is 10.7. The van der Waals surface area contributed by atoms with Crippen LogP contribution in [0.15, 0.2) is 30.3 Å². The Hall–Kier alpha value is -2.17. The molecular weight excluding hydrogens is 242 g/mol. The zero-order chi connectivity index (χ0) is 13.4. The SMILES string of the molecule is CC1CCCN1c1ccc2cc([N+](=O)[O-])ccc2n1. The summed E-state index contributed by atoms with van der Waals surface area (Å²) >= 11 is 0. The summed E-state index contributed by atoms with van der Waals surface area (Å²) in [5, 5.41) is 11.6. The van der Waals surface area contributed by atoms with Crippen molar-refractivity contribution in [3.63, 3.8) is 0 Å². The summed E-state index contributed by atoms with van der Waals surface area (Å²) < 4.78 is 0. The van der Waals surface area contributed by atoms with Crippen LogP contribution in [-0.2, 0) is 0 Å². The van der Waals surface area contributed by atoms with Gasteiger partial charge in [0.2, 0.25) is 0 Å². The predicted molar refractivity (Wildman–Crippen MR) is 74.4 cm³/mol.